The third kappa shape index (κ3) is 4.27. The summed E-state index contributed by atoms with van der Waals surface area (Å²) in [6, 6.07) is 14.2. The molecule has 0 unspecified atom stereocenters. The Kier molecular flexibility index (Phi) is 5.24. The molecule has 0 saturated carbocycles. The van der Waals surface area contributed by atoms with Crippen LogP contribution < -0.4 is 16.0 Å². The van der Waals surface area contributed by atoms with Gasteiger partial charge in [-0.1, -0.05) is 6.07 Å². The molecule has 146 valence electrons. The van der Waals surface area contributed by atoms with Gasteiger partial charge in [0.05, 0.1) is 5.57 Å². The first-order valence-electron chi connectivity index (χ1n) is 9.41. The van der Waals surface area contributed by atoms with E-state index in [2.05, 4.69) is 27.0 Å². The number of hydrogen-bond acceptors (Lipinski definition) is 4. The number of benzene rings is 2. The van der Waals surface area contributed by atoms with Crippen LogP contribution in [0, 0.1) is 12.7 Å². The number of fused-ring (bicyclic) bond motifs is 1. The van der Waals surface area contributed by atoms with E-state index in [1.807, 2.05) is 37.4 Å². The smallest absolute Gasteiger partial charge is 0.257 e. The number of nitrogens with zero attached hydrogens (tertiary/aromatic N) is 1. The van der Waals surface area contributed by atoms with Crippen molar-refractivity contribution < 1.29 is 9.18 Å². The summed E-state index contributed by atoms with van der Waals surface area (Å²) < 4.78 is 13.5. The normalized spacial score (nSPS) is 13.9. The van der Waals surface area contributed by atoms with Crippen LogP contribution in [0.3, 0.4) is 0 Å². The molecule has 0 fully saturated rings. The van der Waals surface area contributed by atoms with Gasteiger partial charge in [0.15, 0.2) is 0 Å². The van der Waals surface area contributed by atoms with Crippen molar-refractivity contribution in [2.24, 2.45) is 0 Å². The molecule has 0 aliphatic carbocycles. The Morgan fingerprint density at radius 1 is 1.17 bits per heavy atom. The van der Waals surface area contributed by atoms with Gasteiger partial charge in [0.2, 0.25) is 0 Å². The minimum Gasteiger partial charge on any atom is -0.384 e. The molecule has 6 heteroatoms. The number of amides is 1. The summed E-state index contributed by atoms with van der Waals surface area (Å²) >= 11 is 0. The van der Waals surface area contributed by atoms with Gasteiger partial charge in [0.25, 0.3) is 5.91 Å². The van der Waals surface area contributed by atoms with Gasteiger partial charge in [-0.05, 0) is 66.9 Å². The first-order valence-corrected chi connectivity index (χ1v) is 9.41. The molecule has 0 spiro atoms. The largest absolute Gasteiger partial charge is 0.384 e. The molecule has 1 aliphatic rings. The summed E-state index contributed by atoms with van der Waals surface area (Å²) in [5.74, 6) is -0.618. The molecule has 29 heavy (non-hydrogen) atoms. The summed E-state index contributed by atoms with van der Waals surface area (Å²) in [6.07, 6.45) is 6.15. The lowest BCUT2D eigenvalue weighted by Gasteiger charge is -2.11. The number of rotatable bonds is 6. The molecule has 0 atom stereocenters. The van der Waals surface area contributed by atoms with Crippen LogP contribution in [-0.4, -0.2) is 17.4 Å². The molecule has 3 aromatic rings. The average Bonchev–Trinajstić information content (AvgIpc) is 3.03. The molecule has 1 aliphatic heterocycles. The minimum atomic E-state index is -0.372. The maximum Gasteiger partial charge on any atom is 0.257 e. The molecule has 2 aromatic carbocycles. The predicted molar refractivity (Wildman–Crippen MR) is 114 cm³/mol. The number of aryl methyl sites for hydroxylation is 1. The Labute approximate surface area is 168 Å². The fourth-order valence-corrected chi connectivity index (χ4v) is 3.30. The number of carbonyl (C=O) groups excluding carboxylic acids is 1. The lowest BCUT2D eigenvalue weighted by molar-refractivity contribution is -0.110. The van der Waals surface area contributed by atoms with Crippen LogP contribution in [0.4, 0.5) is 21.5 Å². The van der Waals surface area contributed by atoms with Crippen molar-refractivity contribution in [1.82, 2.24) is 4.98 Å². The Balaban J connectivity index is 1.42. The molecule has 3 N–H and O–H groups in total. The molecule has 4 rings (SSSR count). The van der Waals surface area contributed by atoms with Gasteiger partial charge >= 0.3 is 0 Å². The van der Waals surface area contributed by atoms with Gasteiger partial charge in [-0.25, -0.2) is 4.39 Å². The fourth-order valence-electron chi connectivity index (χ4n) is 3.30. The van der Waals surface area contributed by atoms with E-state index in [1.165, 1.54) is 17.7 Å². The fraction of sp³-hybridized carbons (Fsp3) is 0.130. The molecular weight excluding hydrogens is 367 g/mol. The van der Waals surface area contributed by atoms with Gasteiger partial charge in [-0.2, -0.15) is 0 Å². The number of pyridine rings is 1. The predicted octanol–water partition coefficient (Wildman–Crippen LogP) is 4.59. The zero-order valence-electron chi connectivity index (χ0n) is 16.0. The lowest BCUT2D eigenvalue weighted by Crippen LogP contribution is -2.07. The SMILES string of the molecule is Cc1cc(N/C=C2/C(=O)Nc3ccc(F)cc32)ccc1NCCc1cccnc1. The van der Waals surface area contributed by atoms with E-state index >= 15 is 0 Å². The first-order chi connectivity index (χ1) is 14.1. The average molecular weight is 388 g/mol. The van der Waals surface area contributed by atoms with Crippen molar-refractivity contribution in [3.05, 3.63) is 89.6 Å². The number of aromatic nitrogens is 1. The van der Waals surface area contributed by atoms with Gasteiger partial charge in [-0.15, -0.1) is 0 Å². The quantitative estimate of drug-likeness (QED) is 0.541. The van der Waals surface area contributed by atoms with Gasteiger partial charge in [0, 0.05) is 47.8 Å². The molecule has 5 nitrogen and oxygen atoms in total. The van der Waals surface area contributed by atoms with Crippen LogP contribution in [0.2, 0.25) is 0 Å². The monoisotopic (exact) mass is 388 g/mol. The molecule has 0 saturated heterocycles. The van der Waals surface area contributed by atoms with Crippen molar-refractivity contribution in [3.8, 4) is 0 Å². The van der Waals surface area contributed by atoms with Crippen molar-refractivity contribution in [3.63, 3.8) is 0 Å². The number of carbonyl (C=O) groups is 1. The Bertz CT molecular complexity index is 1080. The maximum atomic E-state index is 13.5. The molecule has 1 aromatic heterocycles. The summed E-state index contributed by atoms with van der Waals surface area (Å²) in [4.78, 5) is 16.3. The summed E-state index contributed by atoms with van der Waals surface area (Å²) in [5.41, 5.74) is 5.78. The number of halogens is 1. The van der Waals surface area contributed by atoms with E-state index in [-0.39, 0.29) is 11.7 Å². The third-order valence-electron chi connectivity index (χ3n) is 4.83. The highest BCUT2D eigenvalue weighted by molar-refractivity contribution is 6.31. The number of nitrogens with one attached hydrogen (secondary N) is 3. The van der Waals surface area contributed by atoms with Crippen LogP contribution in [0.25, 0.3) is 5.57 Å². The second-order valence-electron chi connectivity index (χ2n) is 6.91. The minimum absolute atomic E-state index is 0.247. The molecule has 2 heterocycles. The highest BCUT2D eigenvalue weighted by Gasteiger charge is 2.24. The van der Waals surface area contributed by atoms with Crippen LogP contribution in [0.15, 0.2) is 67.1 Å². The zero-order valence-corrected chi connectivity index (χ0v) is 16.0. The second kappa shape index (κ2) is 8.14. The number of hydrogen-bond donors (Lipinski definition) is 3. The topological polar surface area (TPSA) is 66.1 Å². The molecular formula is C23H21FN4O. The standard InChI is InChI=1S/C23H21FN4O/c1-15-11-18(5-7-21(15)26-10-8-16-3-2-9-25-13-16)27-14-20-19-12-17(24)4-6-22(19)28-23(20)29/h2-7,9,11-14,26-27H,8,10H2,1H3,(H,28,29)/b20-14+. The molecule has 0 radical (unpaired) electrons. The lowest BCUT2D eigenvalue weighted by atomic mass is 10.1. The van der Waals surface area contributed by atoms with Gasteiger partial charge < -0.3 is 16.0 Å². The van der Waals surface area contributed by atoms with Crippen molar-refractivity contribution in [2.45, 2.75) is 13.3 Å². The van der Waals surface area contributed by atoms with E-state index in [4.69, 9.17) is 0 Å². The highest BCUT2D eigenvalue weighted by Crippen LogP contribution is 2.32. The van der Waals surface area contributed by atoms with E-state index in [9.17, 15) is 9.18 Å². The third-order valence-corrected chi connectivity index (χ3v) is 4.83. The van der Waals surface area contributed by atoms with Crippen molar-refractivity contribution in [1.29, 1.82) is 0 Å². The van der Waals surface area contributed by atoms with Crippen LogP contribution in [-0.2, 0) is 11.2 Å². The van der Waals surface area contributed by atoms with E-state index in [0.29, 0.717) is 16.8 Å². The summed E-state index contributed by atoms with van der Waals surface area (Å²) in [5, 5.41) is 9.32. The van der Waals surface area contributed by atoms with E-state index in [1.54, 1.807) is 18.5 Å². The van der Waals surface area contributed by atoms with Crippen LogP contribution in [0.5, 0.6) is 0 Å². The van der Waals surface area contributed by atoms with Gasteiger partial charge in [0.1, 0.15) is 5.82 Å². The summed E-state index contributed by atoms with van der Waals surface area (Å²) in [7, 11) is 0. The van der Waals surface area contributed by atoms with Crippen molar-refractivity contribution >= 4 is 28.5 Å². The Morgan fingerprint density at radius 3 is 2.86 bits per heavy atom. The molecule has 0 bridgehead atoms. The maximum absolute atomic E-state index is 13.5. The van der Waals surface area contributed by atoms with E-state index < -0.39 is 0 Å². The van der Waals surface area contributed by atoms with Crippen LogP contribution in [0.1, 0.15) is 16.7 Å². The van der Waals surface area contributed by atoms with E-state index in [0.717, 1.165) is 29.9 Å². The molecule has 1 amide bonds. The van der Waals surface area contributed by atoms with Crippen LogP contribution >= 0.6 is 0 Å². The number of anilines is 3. The first kappa shape index (κ1) is 18.7. The summed E-state index contributed by atoms with van der Waals surface area (Å²) in [6.45, 7) is 2.84. The second-order valence-corrected chi connectivity index (χ2v) is 6.91. The Hall–Kier alpha value is -3.67. The van der Waals surface area contributed by atoms with Crippen molar-refractivity contribution in [2.75, 3.05) is 22.5 Å². The Morgan fingerprint density at radius 2 is 2.07 bits per heavy atom. The van der Waals surface area contributed by atoms with Gasteiger partial charge in [-0.3, -0.25) is 9.78 Å². The highest BCUT2D eigenvalue weighted by atomic mass is 19.1. The zero-order chi connectivity index (χ0) is 20.2.